The van der Waals surface area contributed by atoms with Crippen LogP contribution < -0.4 is 5.32 Å². The summed E-state index contributed by atoms with van der Waals surface area (Å²) in [5.41, 5.74) is 2.57. The highest BCUT2D eigenvalue weighted by Gasteiger charge is 2.24. The minimum absolute atomic E-state index is 0.370. The fraction of sp³-hybridized carbons (Fsp3) is 0.471. The van der Waals surface area contributed by atoms with E-state index in [0.29, 0.717) is 12.0 Å². The van der Waals surface area contributed by atoms with Gasteiger partial charge in [-0.05, 0) is 18.4 Å². The molecule has 0 radical (unpaired) electrons. The van der Waals surface area contributed by atoms with Gasteiger partial charge in [-0.1, -0.05) is 50.6 Å². The maximum Gasteiger partial charge on any atom is 0.125 e. The average molecular weight is 269 g/mol. The fourth-order valence-electron chi connectivity index (χ4n) is 3.05. The summed E-state index contributed by atoms with van der Waals surface area (Å²) in [6.07, 6.45) is 3.51. The Hall–Kier alpha value is -1.77. The average Bonchev–Trinajstić information content (AvgIpc) is 2.92. The summed E-state index contributed by atoms with van der Waals surface area (Å²) in [6, 6.07) is 13.3. The van der Waals surface area contributed by atoms with Crippen molar-refractivity contribution in [2.75, 3.05) is 11.9 Å². The van der Waals surface area contributed by atoms with Crippen molar-refractivity contribution in [1.29, 1.82) is 0 Å². The van der Waals surface area contributed by atoms with Gasteiger partial charge in [0.25, 0.3) is 0 Å². The molecule has 1 aliphatic heterocycles. The van der Waals surface area contributed by atoms with Crippen LogP contribution in [0.4, 0.5) is 5.82 Å². The molecule has 1 aliphatic rings. The number of benzene rings is 1. The molecule has 3 rings (SSSR count). The van der Waals surface area contributed by atoms with Crippen LogP contribution >= 0.6 is 0 Å². The second-order valence-electron chi connectivity index (χ2n) is 5.73. The maximum absolute atomic E-state index is 4.88. The van der Waals surface area contributed by atoms with Gasteiger partial charge >= 0.3 is 0 Å². The minimum Gasteiger partial charge on any atom is -0.370 e. The molecule has 0 fully saturated rings. The van der Waals surface area contributed by atoms with E-state index in [1.807, 2.05) is 0 Å². The van der Waals surface area contributed by atoms with E-state index in [-0.39, 0.29) is 0 Å². The van der Waals surface area contributed by atoms with Crippen molar-refractivity contribution < 1.29 is 0 Å². The molecular weight excluding hydrogens is 246 g/mol. The first-order chi connectivity index (χ1) is 9.79. The fourth-order valence-corrected chi connectivity index (χ4v) is 3.05. The Kier molecular flexibility index (Phi) is 3.77. The Bertz CT molecular complexity index is 559. The van der Waals surface area contributed by atoms with E-state index in [0.717, 1.165) is 13.0 Å². The molecular formula is C17H23N3. The van der Waals surface area contributed by atoms with Crippen LogP contribution in [0.15, 0.2) is 36.4 Å². The highest BCUT2D eigenvalue weighted by atomic mass is 15.4. The quantitative estimate of drug-likeness (QED) is 0.902. The first-order valence-corrected chi connectivity index (χ1v) is 7.68. The van der Waals surface area contributed by atoms with Crippen LogP contribution in [0.25, 0.3) is 0 Å². The van der Waals surface area contributed by atoms with Crippen molar-refractivity contribution in [3.63, 3.8) is 0 Å². The van der Waals surface area contributed by atoms with Gasteiger partial charge < -0.3 is 5.32 Å². The van der Waals surface area contributed by atoms with Crippen molar-refractivity contribution in [1.82, 2.24) is 9.78 Å². The van der Waals surface area contributed by atoms with Crippen molar-refractivity contribution in [3.8, 4) is 0 Å². The second-order valence-corrected chi connectivity index (χ2v) is 5.73. The highest BCUT2D eigenvalue weighted by Crippen LogP contribution is 2.32. The van der Waals surface area contributed by atoms with Crippen LogP contribution in [-0.4, -0.2) is 16.3 Å². The Balaban J connectivity index is 1.93. The molecule has 0 amide bonds. The lowest BCUT2D eigenvalue weighted by Crippen LogP contribution is -2.24. The number of rotatable bonds is 4. The molecule has 0 saturated heterocycles. The Morgan fingerprint density at radius 1 is 1.35 bits per heavy atom. The summed E-state index contributed by atoms with van der Waals surface area (Å²) >= 11 is 0. The van der Waals surface area contributed by atoms with E-state index in [1.165, 1.54) is 29.9 Å². The van der Waals surface area contributed by atoms with Gasteiger partial charge in [0, 0.05) is 18.5 Å². The van der Waals surface area contributed by atoms with Gasteiger partial charge in [0.2, 0.25) is 0 Å². The molecule has 0 aliphatic carbocycles. The number of anilines is 1. The zero-order chi connectivity index (χ0) is 13.9. The normalized spacial score (nSPS) is 19.2. The van der Waals surface area contributed by atoms with E-state index in [2.05, 4.69) is 60.2 Å². The van der Waals surface area contributed by atoms with Gasteiger partial charge in [0.15, 0.2) is 0 Å². The molecule has 3 nitrogen and oxygen atoms in total. The Labute approximate surface area is 121 Å². The monoisotopic (exact) mass is 269 g/mol. The van der Waals surface area contributed by atoms with Gasteiger partial charge in [0.05, 0.1) is 11.7 Å². The van der Waals surface area contributed by atoms with E-state index < -0.39 is 0 Å². The number of nitrogens with zero attached hydrogens (tertiary/aromatic N) is 2. The lowest BCUT2D eigenvalue weighted by Gasteiger charge is -2.26. The Morgan fingerprint density at radius 3 is 2.90 bits per heavy atom. The summed E-state index contributed by atoms with van der Waals surface area (Å²) in [4.78, 5) is 0. The first-order valence-electron chi connectivity index (χ1n) is 7.68. The summed E-state index contributed by atoms with van der Waals surface area (Å²) in [6.45, 7) is 5.53. The summed E-state index contributed by atoms with van der Waals surface area (Å²) in [5.74, 6) is 1.71. The standard InChI is InChI=1S/C17H23N3/c1-3-7-13(2)15-12-17-18-11-10-16(20(17)19-15)14-8-5-4-6-9-14/h4-6,8-9,12-13,16,18H,3,7,10-11H2,1-2H3. The molecule has 2 atom stereocenters. The minimum atomic E-state index is 0.370. The summed E-state index contributed by atoms with van der Waals surface area (Å²) in [7, 11) is 0. The smallest absolute Gasteiger partial charge is 0.125 e. The van der Waals surface area contributed by atoms with E-state index in [4.69, 9.17) is 5.10 Å². The molecule has 0 saturated carbocycles. The largest absolute Gasteiger partial charge is 0.370 e. The van der Waals surface area contributed by atoms with Crippen LogP contribution in [0.3, 0.4) is 0 Å². The number of fused-ring (bicyclic) bond motifs is 1. The van der Waals surface area contributed by atoms with Crippen molar-refractivity contribution in [2.45, 2.75) is 45.1 Å². The predicted molar refractivity (Wildman–Crippen MR) is 83.2 cm³/mol. The maximum atomic E-state index is 4.88. The number of nitrogens with one attached hydrogen (secondary N) is 1. The lowest BCUT2D eigenvalue weighted by atomic mass is 10.0. The molecule has 1 N–H and O–H groups in total. The first kappa shape index (κ1) is 13.2. The summed E-state index contributed by atoms with van der Waals surface area (Å²) in [5, 5.41) is 8.36. The summed E-state index contributed by atoms with van der Waals surface area (Å²) < 4.78 is 2.18. The second kappa shape index (κ2) is 5.70. The molecule has 2 unspecified atom stereocenters. The van der Waals surface area contributed by atoms with Gasteiger partial charge in [-0.25, -0.2) is 4.68 Å². The number of aromatic nitrogens is 2. The molecule has 0 bridgehead atoms. The molecule has 3 heteroatoms. The van der Waals surface area contributed by atoms with E-state index in [9.17, 15) is 0 Å². The molecule has 2 aromatic rings. The third-order valence-electron chi connectivity index (χ3n) is 4.18. The Morgan fingerprint density at radius 2 is 2.15 bits per heavy atom. The van der Waals surface area contributed by atoms with Gasteiger partial charge in [-0.2, -0.15) is 5.10 Å². The van der Waals surface area contributed by atoms with E-state index in [1.54, 1.807) is 0 Å². The highest BCUT2D eigenvalue weighted by molar-refractivity contribution is 5.42. The van der Waals surface area contributed by atoms with E-state index >= 15 is 0 Å². The molecule has 1 aromatic carbocycles. The topological polar surface area (TPSA) is 29.9 Å². The zero-order valence-electron chi connectivity index (χ0n) is 12.3. The van der Waals surface area contributed by atoms with Crippen LogP contribution in [0.1, 0.15) is 56.3 Å². The van der Waals surface area contributed by atoms with Crippen LogP contribution in [-0.2, 0) is 0 Å². The van der Waals surface area contributed by atoms with Crippen LogP contribution in [0.2, 0.25) is 0 Å². The van der Waals surface area contributed by atoms with Gasteiger partial charge in [-0.15, -0.1) is 0 Å². The third kappa shape index (κ3) is 2.45. The van der Waals surface area contributed by atoms with Gasteiger partial charge in [0.1, 0.15) is 5.82 Å². The molecule has 0 spiro atoms. The molecule has 2 heterocycles. The number of hydrogen-bond donors (Lipinski definition) is 1. The van der Waals surface area contributed by atoms with Crippen molar-refractivity contribution in [2.24, 2.45) is 0 Å². The zero-order valence-corrected chi connectivity index (χ0v) is 12.3. The molecule has 20 heavy (non-hydrogen) atoms. The number of hydrogen-bond acceptors (Lipinski definition) is 2. The van der Waals surface area contributed by atoms with Crippen molar-refractivity contribution in [3.05, 3.63) is 47.7 Å². The molecule has 106 valence electrons. The predicted octanol–water partition coefficient (Wildman–Crippen LogP) is 4.19. The van der Waals surface area contributed by atoms with Crippen LogP contribution in [0.5, 0.6) is 0 Å². The van der Waals surface area contributed by atoms with Gasteiger partial charge in [-0.3, -0.25) is 0 Å². The third-order valence-corrected chi connectivity index (χ3v) is 4.18. The SMILES string of the molecule is CCCC(C)c1cc2n(n1)C(c1ccccc1)CCN2. The van der Waals surface area contributed by atoms with Crippen molar-refractivity contribution >= 4 is 5.82 Å². The molecule has 1 aromatic heterocycles. The lowest BCUT2D eigenvalue weighted by molar-refractivity contribution is 0.473. The van der Waals surface area contributed by atoms with Crippen LogP contribution in [0, 0.1) is 0 Å².